The van der Waals surface area contributed by atoms with Gasteiger partial charge in [0.2, 0.25) is 0 Å². The molecule has 0 fully saturated rings. The number of rotatable bonds is 1. The van der Waals surface area contributed by atoms with Crippen molar-refractivity contribution in [2.45, 2.75) is 38.9 Å². The number of fused-ring (bicyclic) bond motifs is 1. The van der Waals surface area contributed by atoms with E-state index in [1.807, 2.05) is 20.8 Å². The molecular weight excluding hydrogens is 258 g/mol. The third-order valence-corrected chi connectivity index (χ3v) is 3.12. The number of methoxy groups -OCH3 is 1. The van der Waals surface area contributed by atoms with Crippen molar-refractivity contribution in [3.05, 3.63) is 23.8 Å². The molecule has 0 bridgehead atoms. The molecule has 5 heteroatoms. The van der Waals surface area contributed by atoms with E-state index in [1.165, 1.54) is 0 Å². The van der Waals surface area contributed by atoms with Gasteiger partial charge in [-0.3, -0.25) is 4.90 Å². The summed E-state index contributed by atoms with van der Waals surface area (Å²) in [6.45, 7) is 5.94. The molecule has 5 nitrogen and oxygen atoms in total. The number of benzene rings is 1. The van der Waals surface area contributed by atoms with Crippen LogP contribution in [-0.2, 0) is 4.74 Å². The van der Waals surface area contributed by atoms with Gasteiger partial charge >= 0.3 is 6.09 Å². The Bertz CT molecular complexity index is 507. The van der Waals surface area contributed by atoms with Gasteiger partial charge in [-0.05, 0) is 45.4 Å². The Morgan fingerprint density at radius 2 is 2.10 bits per heavy atom. The van der Waals surface area contributed by atoms with Crippen LogP contribution in [0, 0.1) is 0 Å². The Balaban J connectivity index is 2.31. The molecule has 0 saturated heterocycles. The second-order valence-electron chi connectivity index (χ2n) is 5.86. The summed E-state index contributed by atoms with van der Waals surface area (Å²) in [6.07, 6.45) is -0.492. The molecule has 1 N–H and O–H groups in total. The first-order valence-corrected chi connectivity index (χ1v) is 6.68. The minimum atomic E-state index is -0.584. The molecule has 1 atom stereocenters. The quantitative estimate of drug-likeness (QED) is 0.858. The number of ether oxygens (including phenoxy) is 2. The van der Waals surface area contributed by atoms with Crippen molar-refractivity contribution in [2.75, 3.05) is 18.6 Å². The fourth-order valence-electron chi connectivity index (χ4n) is 2.21. The number of nitrogens with zero attached hydrogens (tertiary/aromatic N) is 1. The molecule has 0 saturated carbocycles. The van der Waals surface area contributed by atoms with Crippen molar-refractivity contribution in [1.82, 2.24) is 0 Å². The van der Waals surface area contributed by atoms with Gasteiger partial charge in [-0.25, -0.2) is 4.79 Å². The zero-order valence-electron chi connectivity index (χ0n) is 12.3. The number of carbonyl (C=O) groups is 1. The van der Waals surface area contributed by atoms with Crippen molar-refractivity contribution >= 4 is 11.8 Å². The first-order chi connectivity index (χ1) is 9.31. The zero-order chi connectivity index (χ0) is 14.9. The summed E-state index contributed by atoms with van der Waals surface area (Å²) in [5.41, 5.74) is 0.833. The highest BCUT2D eigenvalue weighted by molar-refractivity contribution is 5.89. The lowest BCUT2D eigenvalue weighted by atomic mass is 9.99. The largest absolute Gasteiger partial charge is 0.497 e. The van der Waals surface area contributed by atoms with Crippen molar-refractivity contribution in [2.24, 2.45) is 0 Å². The Morgan fingerprint density at radius 1 is 1.40 bits per heavy atom. The smallest absolute Gasteiger partial charge is 0.414 e. The van der Waals surface area contributed by atoms with Gasteiger partial charge in [0, 0.05) is 12.1 Å². The number of hydrogen-bond acceptors (Lipinski definition) is 4. The topological polar surface area (TPSA) is 59.0 Å². The first kappa shape index (κ1) is 14.7. The van der Waals surface area contributed by atoms with Crippen LogP contribution in [0.15, 0.2) is 18.2 Å². The van der Waals surface area contributed by atoms with E-state index >= 15 is 0 Å². The lowest BCUT2D eigenvalue weighted by Crippen LogP contribution is -2.40. The normalized spacial score (nSPS) is 18.4. The predicted molar refractivity (Wildman–Crippen MR) is 76.2 cm³/mol. The highest BCUT2D eigenvalue weighted by Gasteiger charge is 2.30. The van der Waals surface area contributed by atoms with Crippen LogP contribution in [0.2, 0.25) is 0 Å². The van der Waals surface area contributed by atoms with E-state index in [4.69, 9.17) is 9.47 Å². The lowest BCUT2D eigenvalue weighted by molar-refractivity contribution is 0.0565. The maximum Gasteiger partial charge on any atom is 0.414 e. The Kier molecular flexibility index (Phi) is 3.90. The van der Waals surface area contributed by atoms with Gasteiger partial charge < -0.3 is 14.6 Å². The maximum absolute atomic E-state index is 12.2. The van der Waals surface area contributed by atoms with Crippen LogP contribution in [0.5, 0.6) is 5.75 Å². The Labute approximate surface area is 119 Å². The van der Waals surface area contributed by atoms with E-state index in [1.54, 1.807) is 30.2 Å². The second kappa shape index (κ2) is 5.32. The monoisotopic (exact) mass is 279 g/mol. The molecule has 1 aliphatic rings. The first-order valence-electron chi connectivity index (χ1n) is 6.68. The van der Waals surface area contributed by atoms with E-state index in [-0.39, 0.29) is 0 Å². The van der Waals surface area contributed by atoms with Crippen molar-refractivity contribution in [3.63, 3.8) is 0 Å². The molecule has 0 aromatic heterocycles. The predicted octanol–water partition coefficient (Wildman–Crippen LogP) is 2.87. The number of hydrogen-bond donors (Lipinski definition) is 1. The van der Waals surface area contributed by atoms with Gasteiger partial charge in [0.15, 0.2) is 0 Å². The molecule has 110 valence electrons. The molecule has 1 heterocycles. The van der Waals surface area contributed by atoms with E-state index in [9.17, 15) is 9.90 Å². The van der Waals surface area contributed by atoms with Crippen molar-refractivity contribution in [3.8, 4) is 5.75 Å². The highest BCUT2D eigenvalue weighted by Crippen LogP contribution is 2.36. The third-order valence-electron chi connectivity index (χ3n) is 3.12. The van der Waals surface area contributed by atoms with Crippen LogP contribution in [0.1, 0.15) is 38.9 Å². The molecule has 20 heavy (non-hydrogen) atoms. The molecule has 1 aromatic carbocycles. The molecule has 1 amide bonds. The van der Waals surface area contributed by atoms with E-state index in [0.29, 0.717) is 30.0 Å². The van der Waals surface area contributed by atoms with Gasteiger partial charge in [-0.1, -0.05) is 0 Å². The fraction of sp³-hybridized carbons (Fsp3) is 0.533. The summed E-state index contributed by atoms with van der Waals surface area (Å²) in [5, 5.41) is 10.1. The average molecular weight is 279 g/mol. The molecule has 2 rings (SSSR count). The number of amides is 1. The van der Waals surface area contributed by atoms with Crippen LogP contribution >= 0.6 is 0 Å². The van der Waals surface area contributed by atoms with Crippen molar-refractivity contribution in [1.29, 1.82) is 0 Å². The third kappa shape index (κ3) is 3.04. The number of carbonyl (C=O) groups excluding carboxylic acids is 1. The van der Waals surface area contributed by atoms with Crippen LogP contribution in [0.25, 0.3) is 0 Å². The molecule has 1 unspecified atom stereocenters. The van der Waals surface area contributed by atoms with Crippen molar-refractivity contribution < 1.29 is 19.4 Å². The van der Waals surface area contributed by atoms with E-state index in [2.05, 4.69) is 0 Å². The highest BCUT2D eigenvalue weighted by atomic mass is 16.6. The molecule has 0 radical (unpaired) electrons. The van der Waals surface area contributed by atoms with E-state index < -0.39 is 17.8 Å². The summed E-state index contributed by atoms with van der Waals surface area (Å²) in [4.78, 5) is 13.8. The number of aliphatic hydroxyl groups excluding tert-OH is 1. The molecule has 1 aromatic rings. The molecule has 0 spiro atoms. The standard InChI is InChI=1S/C15H21NO4/c1-15(2,3)20-14(18)16-8-7-13(17)11-9-10(19-4)5-6-12(11)16/h5-6,9,13,17H,7-8H2,1-4H3. The average Bonchev–Trinajstić information content (AvgIpc) is 2.36. The van der Waals surface area contributed by atoms with Crippen LogP contribution in [0.3, 0.4) is 0 Å². The van der Waals surface area contributed by atoms with Gasteiger partial charge in [0.25, 0.3) is 0 Å². The van der Waals surface area contributed by atoms with Crippen LogP contribution in [0.4, 0.5) is 10.5 Å². The summed E-state index contributed by atoms with van der Waals surface area (Å²) >= 11 is 0. The minimum Gasteiger partial charge on any atom is -0.497 e. The summed E-state index contributed by atoms with van der Waals surface area (Å²) in [6, 6.07) is 5.31. The lowest BCUT2D eigenvalue weighted by Gasteiger charge is -2.33. The Morgan fingerprint density at radius 3 is 2.70 bits per heavy atom. The van der Waals surface area contributed by atoms with Crippen LogP contribution in [-0.4, -0.2) is 30.5 Å². The zero-order valence-corrected chi connectivity index (χ0v) is 12.3. The molecular formula is C15H21NO4. The summed E-state index contributed by atoms with van der Waals surface area (Å²) < 4.78 is 10.6. The molecule has 0 aliphatic carbocycles. The maximum atomic E-state index is 12.2. The van der Waals surface area contributed by atoms with Gasteiger partial charge in [0.05, 0.1) is 18.9 Å². The fourth-order valence-corrected chi connectivity index (χ4v) is 2.21. The minimum absolute atomic E-state index is 0.393. The number of aliphatic hydroxyl groups is 1. The molecule has 1 aliphatic heterocycles. The second-order valence-corrected chi connectivity index (χ2v) is 5.86. The van der Waals surface area contributed by atoms with E-state index in [0.717, 1.165) is 0 Å². The summed E-state index contributed by atoms with van der Waals surface area (Å²) in [7, 11) is 1.57. The van der Waals surface area contributed by atoms with Gasteiger partial charge in [0.1, 0.15) is 11.4 Å². The van der Waals surface area contributed by atoms with Crippen LogP contribution < -0.4 is 9.64 Å². The van der Waals surface area contributed by atoms with Gasteiger partial charge in [-0.2, -0.15) is 0 Å². The number of anilines is 1. The Hall–Kier alpha value is -1.75. The summed E-state index contributed by atoms with van der Waals surface area (Å²) in [5.74, 6) is 0.661. The van der Waals surface area contributed by atoms with Gasteiger partial charge in [-0.15, -0.1) is 0 Å². The SMILES string of the molecule is COc1ccc2c(c1)C(O)CCN2C(=O)OC(C)(C)C.